The fourth-order valence-corrected chi connectivity index (χ4v) is 1.66. The predicted octanol–water partition coefficient (Wildman–Crippen LogP) is 1.63. The highest BCUT2D eigenvalue weighted by Crippen LogP contribution is 2.23. The second kappa shape index (κ2) is 3.11. The van der Waals surface area contributed by atoms with Gasteiger partial charge in [0.25, 0.3) is 0 Å². The number of carbonyl (C=O) groups is 1. The van der Waals surface area contributed by atoms with E-state index in [4.69, 9.17) is 0 Å². The van der Waals surface area contributed by atoms with E-state index in [0.717, 1.165) is 12.8 Å². The molecule has 1 rings (SSSR count). The largest absolute Gasteiger partial charge is 0.453 e. The van der Waals surface area contributed by atoms with Crippen molar-refractivity contribution in [1.29, 1.82) is 0 Å². The molecule has 0 aliphatic carbocycles. The van der Waals surface area contributed by atoms with Crippen LogP contribution in [0.25, 0.3) is 0 Å². The van der Waals surface area contributed by atoms with Crippen molar-refractivity contribution in [2.24, 2.45) is 0 Å². The maximum Gasteiger partial charge on any atom is 0.409 e. The number of hydrogen-bond acceptors (Lipinski definition) is 2. The first-order valence-corrected chi connectivity index (χ1v) is 4.03. The van der Waals surface area contributed by atoms with Crippen molar-refractivity contribution in [2.45, 2.75) is 38.8 Å². The molecule has 0 aromatic carbocycles. The highest BCUT2D eigenvalue weighted by Gasteiger charge is 2.31. The molecule has 0 aromatic heterocycles. The summed E-state index contributed by atoms with van der Waals surface area (Å²) in [6.07, 6.45) is 1.99. The van der Waals surface area contributed by atoms with Gasteiger partial charge < -0.3 is 9.64 Å². The summed E-state index contributed by atoms with van der Waals surface area (Å²) >= 11 is 0. The van der Waals surface area contributed by atoms with Crippen molar-refractivity contribution in [1.82, 2.24) is 4.90 Å². The summed E-state index contributed by atoms with van der Waals surface area (Å²) in [5, 5.41) is 0. The van der Waals surface area contributed by atoms with Gasteiger partial charge in [0.1, 0.15) is 0 Å². The molecule has 0 unspecified atom stereocenters. The summed E-state index contributed by atoms with van der Waals surface area (Å²) in [5.41, 5.74) is 0. The van der Waals surface area contributed by atoms with E-state index in [1.165, 1.54) is 7.11 Å². The molecule has 1 amide bonds. The van der Waals surface area contributed by atoms with E-state index in [1.54, 1.807) is 4.90 Å². The number of rotatable bonds is 0. The minimum Gasteiger partial charge on any atom is -0.453 e. The standard InChI is InChI=1S/C8H15NO2/c1-6-4-5-7(2)9(6)8(10)11-3/h6-7H,4-5H2,1-3H3/t6-,7+. The van der Waals surface area contributed by atoms with Crippen LogP contribution in [0.15, 0.2) is 0 Å². The number of ether oxygens (including phenoxy) is 1. The van der Waals surface area contributed by atoms with Crippen LogP contribution >= 0.6 is 0 Å². The van der Waals surface area contributed by atoms with Crippen molar-refractivity contribution in [3.05, 3.63) is 0 Å². The lowest BCUT2D eigenvalue weighted by molar-refractivity contribution is 0.108. The Bertz CT molecular complexity index is 148. The van der Waals surface area contributed by atoms with Crippen molar-refractivity contribution in [3.8, 4) is 0 Å². The molecule has 1 aliphatic heterocycles. The lowest BCUT2D eigenvalue weighted by Crippen LogP contribution is -2.38. The fourth-order valence-electron chi connectivity index (χ4n) is 1.66. The first-order valence-electron chi connectivity index (χ1n) is 4.03. The molecule has 3 heteroatoms. The number of amides is 1. The van der Waals surface area contributed by atoms with Crippen molar-refractivity contribution < 1.29 is 9.53 Å². The molecule has 11 heavy (non-hydrogen) atoms. The van der Waals surface area contributed by atoms with Crippen molar-refractivity contribution >= 4 is 6.09 Å². The molecule has 3 nitrogen and oxygen atoms in total. The summed E-state index contributed by atoms with van der Waals surface area (Å²) < 4.78 is 4.66. The van der Waals surface area contributed by atoms with Crippen molar-refractivity contribution in [3.63, 3.8) is 0 Å². The number of carbonyl (C=O) groups excluding carboxylic acids is 1. The molecule has 2 atom stereocenters. The SMILES string of the molecule is COC(=O)N1[C@H](C)CC[C@@H]1C. The maximum atomic E-state index is 11.1. The van der Waals surface area contributed by atoms with Crippen LogP contribution in [0.1, 0.15) is 26.7 Å². The molecule has 0 radical (unpaired) electrons. The lowest BCUT2D eigenvalue weighted by atomic mass is 10.2. The monoisotopic (exact) mass is 157 g/mol. The molecule has 0 bridgehead atoms. The van der Waals surface area contributed by atoms with Gasteiger partial charge in [0.15, 0.2) is 0 Å². The lowest BCUT2D eigenvalue weighted by Gasteiger charge is -2.24. The van der Waals surface area contributed by atoms with Gasteiger partial charge in [0.2, 0.25) is 0 Å². The van der Waals surface area contributed by atoms with E-state index in [0.29, 0.717) is 12.1 Å². The van der Waals surface area contributed by atoms with Gasteiger partial charge in [-0.25, -0.2) is 4.79 Å². The van der Waals surface area contributed by atoms with E-state index in [1.807, 2.05) is 0 Å². The number of hydrogen-bond donors (Lipinski definition) is 0. The van der Waals surface area contributed by atoms with Gasteiger partial charge in [0, 0.05) is 12.1 Å². The maximum absolute atomic E-state index is 11.1. The summed E-state index contributed by atoms with van der Waals surface area (Å²) in [5.74, 6) is 0. The van der Waals surface area contributed by atoms with E-state index in [-0.39, 0.29) is 6.09 Å². The average Bonchev–Trinajstić information content (AvgIpc) is 2.30. The third-order valence-electron chi connectivity index (χ3n) is 2.34. The summed E-state index contributed by atoms with van der Waals surface area (Å²) in [4.78, 5) is 12.9. The van der Waals surface area contributed by atoms with Gasteiger partial charge in [-0.2, -0.15) is 0 Å². The molecule has 0 spiro atoms. The van der Waals surface area contributed by atoms with Crippen LogP contribution in [0.4, 0.5) is 4.79 Å². The number of nitrogens with zero attached hydrogens (tertiary/aromatic N) is 1. The second-order valence-electron chi connectivity index (χ2n) is 3.15. The van der Waals surface area contributed by atoms with Crippen LogP contribution in [-0.4, -0.2) is 30.2 Å². The molecular weight excluding hydrogens is 142 g/mol. The molecule has 1 saturated heterocycles. The normalized spacial score (nSPS) is 30.6. The van der Waals surface area contributed by atoms with Gasteiger partial charge in [-0.15, -0.1) is 0 Å². The van der Waals surface area contributed by atoms with Crippen LogP contribution in [0.2, 0.25) is 0 Å². The number of methoxy groups -OCH3 is 1. The average molecular weight is 157 g/mol. The third-order valence-corrected chi connectivity index (χ3v) is 2.34. The van der Waals surface area contributed by atoms with E-state index >= 15 is 0 Å². The topological polar surface area (TPSA) is 29.5 Å². The van der Waals surface area contributed by atoms with Gasteiger partial charge in [-0.3, -0.25) is 0 Å². The van der Waals surface area contributed by atoms with Crippen LogP contribution in [-0.2, 0) is 4.74 Å². The molecule has 1 aliphatic rings. The minimum absolute atomic E-state index is 0.192. The second-order valence-corrected chi connectivity index (χ2v) is 3.15. The van der Waals surface area contributed by atoms with Gasteiger partial charge in [-0.1, -0.05) is 0 Å². The van der Waals surface area contributed by atoms with E-state index in [9.17, 15) is 4.79 Å². The molecule has 1 heterocycles. The Labute approximate surface area is 67.3 Å². The summed E-state index contributed by atoms with van der Waals surface area (Å²) in [7, 11) is 1.43. The quantitative estimate of drug-likeness (QED) is 0.534. The zero-order valence-electron chi connectivity index (χ0n) is 7.33. The third kappa shape index (κ3) is 1.47. The van der Waals surface area contributed by atoms with Gasteiger partial charge >= 0.3 is 6.09 Å². The molecule has 0 aromatic rings. The Balaban J connectivity index is 2.60. The first kappa shape index (κ1) is 8.37. The Morgan fingerprint density at radius 2 is 1.82 bits per heavy atom. The Morgan fingerprint density at radius 3 is 2.18 bits per heavy atom. The fraction of sp³-hybridized carbons (Fsp3) is 0.875. The van der Waals surface area contributed by atoms with Crippen LogP contribution < -0.4 is 0 Å². The highest BCUT2D eigenvalue weighted by atomic mass is 16.5. The van der Waals surface area contributed by atoms with Crippen molar-refractivity contribution in [2.75, 3.05) is 7.11 Å². The minimum atomic E-state index is -0.192. The van der Waals surface area contributed by atoms with Crippen LogP contribution in [0.3, 0.4) is 0 Å². The van der Waals surface area contributed by atoms with E-state index in [2.05, 4.69) is 18.6 Å². The zero-order chi connectivity index (χ0) is 8.43. The molecule has 0 N–H and O–H groups in total. The van der Waals surface area contributed by atoms with E-state index < -0.39 is 0 Å². The molecule has 64 valence electrons. The summed E-state index contributed by atoms with van der Waals surface area (Å²) in [6, 6.07) is 0.690. The highest BCUT2D eigenvalue weighted by molar-refractivity contribution is 5.68. The zero-order valence-corrected chi connectivity index (χ0v) is 7.33. The Kier molecular flexibility index (Phi) is 2.37. The smallest absolute Gasteiger partial charge is 0.409 e. The molecule has 0 saturated carbocycles. The summed E-state index contributed by atoms with van der Waals surface area (Å²) in [6.45, 7) is 4.11. The first-order chi connectivity index (χ1) is 5.16. The molecule has 1 fully saturated rings. The van der Waals surface area contributed by atoms with Gasteiger partial charge in [-0.05, 0) is 26.7 Å². The van der Waals surface area contributed by atoms with Crippen LogP contribution in [0.5, 0.6) is 0 Å². The van der Waals surface area contributed by atoms with Gasteiger partial charge in [0.05, 0.1) is 7.11 Å². The predicted molar refractivity (Wildman–Crippen MR) is 42.4 cm³/mol. The number of likely N-dealkylation sites (tertiary alicyclic amines) is 1. The Morgan fingerprint density at radius 1 is 1.36 bits per heavy atom. The van der Waals surface area contributed by atoms with Crippen LogP contribution in [0, 0.1) is 0 Å². The Hall–Kier alpha value is -0.730. The molecular formula is C8H15NO2.